The second kappa shape index (κ2) is 8.05. The Bertz CT molecular complexity index is 841. The zero-order valence-corrected chi connectivity index (χ0v) is 16.3. The molecule has 0 bridgehead atoms. The van der Waals surface area contributed by atoms with Crippen molar-refractivity contribution in [2.24, 2.45) is 7.05 Å². The van der Waals surface area contributed by atoms with Gasteiger partial charge in [0.25, 0.3) is 0 Å². The number of nitrogens with zero attached hydrogens (tertiary/aromatic N) is 6. The molecular weight excluding hydrogens is 336 g/mol. The Morgan fingerprint density at radius 3 is 2.41 bits per heavy atom. The molecule has 142 valence electrons. The normalized spacial score (nSPS) is 16.1. The molecule has 0 spiro atoms. The Kier molecular flexibility index (Phi) is 5.34. The molecule has 0 unspecified atom stereocenters. The van der Waals surface area contributed by atoms with Crippen molar-refractivity contribution in [1.29, 1.82) is 0 Å². The van der Waals surface area contributed by atoms with Crippen LogP contribution >= 0.6 is 0 Å². The van der Waals surface area contributed by atoms with Crippen LogP contribution in [0.2, 0.25) is 0 Å². The third-order valence-electron chi connectivity index (χ3n) is 5.67. The van der Waals surface area contributed by atoms with E-state index in [0.717, 1.165) is 57.1 Å². The van der Waals surface area contributed by atoms with E-state index in [1.807, 2.05) is 17.1 Å². The number of aryl methyl sites for hydroxylation is 1. The highest BCUT2D eigenvalue weighted by atomic mass is 15.3. The van der Waals surface area contributed by atoms with E-state index in [0.29, 0.717) is 5.92 Å². The smallest absolute Gasteiger partial charge is 0.152 e. The van der Waals surface area contributed by atoms with E-state index in [4.69, 9.17) is 0 Å². The molecule has 0 radical (unpaired) electrons. The van der Waals surface area contributed by atoms with Crippen molar-refractivity contribution < 1.29 is 0 Å². The number of hydrogen-bond donors (Lipinski definition) is 0. The number of aromatic nitrogens is 5. The molecule has 4 rings (SSSR count). The number of imidazole rings is 1. The predicted octanol–water partition coefficient (Wildman–Crippen LogP) is 3.00. The first-order valence-corrected chi connectivity index (χ1v) is 9.87. The molecule has 1 aromatic carbocycles. The Hall–Kier alpha value is -2.47. The van der Waals surface area contributed by atoms with Crippen molar-refractivity contribution in [3.8, 4) is 0 Å². The lowest BCUT2D eigenvalue weighted by molar-refractivity contribution is 0.200. The quantitative estimate of drug-likeness (QED) is 0.675. The van der Waals surface area contributed by atoms with Gasteiger partial charge in [-0.2, -0.15) is 0 Å². The van der Waals surface area contributed by atoms with Gasteiger partial charge >= 0.3 is 0 Å². The SMILES string of the molecule is CCc1ccc(CN2CCC(c3nnc(Cn4ccnc4)n3C)CC2)cc1. The molecule has 3 aromatic rings. The lowest BCUT2D eigenvalue weighted by atomic mass is 9.95. The molecule has 27 heavy (non-hydrogen) atoms. The van der Waals surface area contributed by atoms with Crippen LogP contribution in [0.1, 0.15) is 48.5 Å². The van der Waals surface area contributed by atoms with Crippen LogP contribution in [-0.4, -0.2) is 42.3 Å². The van der Waals surface area contributed by atoms with Crippen LogP contribution in [0.15, 0.2) is 43.0 Å². The van der Waals surface area contributed by atoms with Crippen LogP contribution in [0.25, 0.3) is 0 Å². The fourth-order valence-electron chi connectivity index (χ4n) is 3.90. The van der Waals surface area contributed by atoms with Gasteiger partial charge in [0.2, 0.25) is 0 Å². The zero-order chi connectivity index (χ0) is 18.6. The molecule has 6 heteroatoms. The lowest BCUT2D eigenvalue weighted by Gasteiger charge is -2.31. The van der Waals surface area contributed by atoms with Crippen LogP contribution in [0.3, 0.4) is 0 Å². The molecule has 0 atom stereocenters. The molecule has 6 nitrogen and oxygen atoms in total. The summed E-state index contributed by atoms with van der Waals surface area (Å²) in [4.78, 5) is 6.65. The van der Waals surface area contributed by atoms with Crippen LogP contribution in [0.4, 0.5) is 0 Å². The third kappa shape index (κ3) is 4.11. The maximum absolute atomic E-state index is 4.51. The molecule has 1 saturated heterocycles. The maximum atomic E-state index is 4.51. The molecule has 0 aliphatic carbocycles. The average Bonchev–Trinajstić information content (AvgIpc) is 3.34. The Morgan fingerprint density at radius 1 is 1.00 bits per heavy atom. The van der Waals surface area contributed by atoms with E-state index in [-0.39, 0.29) is 0 Å². The number of piperidine rings is 1. The van der Waals surface area contributed by atoms with E-state index in [1.54, 1.807) is 6.20 Å². The second-order valence-corrected chi connectivity index (χ2v) is 7.49. The Morgan fingerprint density at radius 2 is 1.74 bits per heavy atom. The van der Waals surface area contributed by atoms with Crippen molar-refractivity contribution in [3.63, 3.8) is 0 Å². The molecular formula is C21H28N6. The Labute approximate surface area is 160 Å². The summed E-state index contributed by atoms with van der Waals surface area (Å²) in [5.41, 5.74) is 2.82. The largest absolute Gasteiger partial charge is 0.330 e. The van der Waals surface area contributed by atoms with Crippen molar-refractivity contribution >= 4 is 0 Å². The van der Waals surface area contributed by atoms with Crippen molar-refractivity contribution in [2.75, 3.05) is 13.1 Å². The van der Waals surface area contributed by atoms with Gasteiger partial charge in [-0.05, 0) is 43.5 Å². The van der Waals surface area contributed by atoms with Gasteiger partial charge in [-0.1, -0.05) is 31.2 Å². The highest BCUT2D eigenvalue weighted by Gasteiger charge is 2.25. The fourth-order valence-corrected chi connectivity index (χ4v) is 3.90. The number of rotatable bonds is 6. The van der Waals surface area contributed by atoms with E-state index in [1.165, 1.54) is 11.1 Å². The fraction of sp³-hybridized carbons (Fsp3) is 0.476. The monoisotopic (exact) mass is 364 g/mol. The summed E-state index contributed by atoms with van der Waals surface area (Å²) in [5, 5.41) is 8.93. The summed E-state index contributed by atoms with van der Waals surface area (Å²) < 4.78 is 4.20. The second-order valence-electron chi connectivity index (χ2n) is 7.49. The third-order valence-corrected chi connectivity index (χ3v) is 5.67. The van der Waals surface area contributed by atoms with Crippen LogP contribution < -0.4 is 0 Å². The molecule has 0 amide bonds. The summed E-state index contributed by atoms with van der Waals surface area (Å²) in [6.07, 6.45) is 8.96. The van der Waals surface area contributed by atoms with Crippen LogP contribution in [0, 0.1) is 0 Å². The molecule has 3 heterocycles. The van der Waals surface area contributed by atoms with Gasteiger partial charge in [0, 0.05) is 31.9 Å². The minimum Gasteiger partial charge on any atom is -0.330 e. The summed E-state index contributed by atoms with van der Waals surface area (Å²) in [6.45, 7) is 6.19. The van der Waals surface area contributed by atoms with Gasteiger partial charge in [-0.25, -0.2) is 4.98 Å². The Balaban J connectivity index is 1.34. The van der Waals surface area contributed by atoms with E-state index in [9.17, 15) is 0 Å². The molecule has 0 saturated carbocycles. The van der Waals surface area contributed by atoms with Gasteiger partial charge < -0.3 is 9.13 Å². The molecule has 2 aromatic heterocycles. The minimum absolute atomic E-state index is 0.498. The first-order valence-electron chi connectivity index (χ1n) is 9.87. The van der Waals surface area contributed by atoms with Crippen molar-refractivity contribution in [3.05, 3.63) is 65.8 Å². The summed E-state index contributed by atoms with van der Waals surface area (Å²) in [7, 11) is 2.09. The van der Waals surface area contributed by atoms with Crippen LogP contribution in [0.5, 0.6) is 0 Å². The molecule has 1 aliphatic heterocycles. The lowest BCUT2D eigenvalue weighted by Crippen LogP contribution is -2.33. The maximum Gasteiger partial charge on any atom is 0.152 e. The zero-order valence-electron chi connectivity index (χ0n) is 16.3. The predicted molar refractivity (Wildman–Crippen MR) is 105 cm³/mol. The van der Waals surface area contributed by atoms with Gasteiger partial charge in [-0.15, -0.1) is 10.2 Å². The highest BCUT2D eigenvalue weighted by molar-refractivity contribution is 5.22. The van der Waals surface area contributed by atoms with Gasteiger partial charge in [-0.3, -0.25) is 4.90 Å². The van der Waals surface area contributed by atoms with Gasteiger partial charge in [0.1, 0.15) is 5.82 Å². The molecule has 0 N–H and O–H groups in total. The van der Waals surface area contributed by atoms with Crippen molar-refractivity contribution in [2.45, 2.75) is 45.2 Å². The first-order chi connectivity index (χ1) is 13.2. The first kappa shape index (κ1) is 17.9. The van der Waals surface area contributed by atoms with Crippen LogP contribution in [-0.2, 0) is 26.6 Å². The molecule has 1 aliphatic rings. The van der Waals surface area contributed by atoms with E-state index < -0.39 is 0 Å². The average molecular weight is 364 g/mol. The summed E-state index contributed by atoms with van der Waals surface area (Å²) in [6, 6.07) is 9.05. The van der Waals surface area contributed by atoms with Gasteiger partial charge in [0.05, 0.1) is 12.9 Å². The van der Waals surface area contributed by atoms with E-state index >= 15 is 0 Å². The van der Waals surface area contributed by atoms with E-state index in [2.05, 4.69) is 62.9 Å². The standard InChI is InChI=1S/C21H28N6/c1-3-17-4-6-18(7-5-17)14-26-11-8-19(9-12-26)21-24-23-20(25(21)2)15-27-13-10-22-16-27/h4-7,10,13,16,19H,3,8-9,11-12,14-15H2,1-2H3. The topological polar surface area (TPSA) is 51.8 Å². The number of likely N-dealkylation sites (tertiary alicyclic amines) is 1. The summed E-state index contributed by atoms with van der Waals surface area (Å²) >= 11 is 0. The molecule has 1 fully saturated rings. The number of hydrogen-bond acceptors (Lipinski definition) is 4. The highest BCUT2D eigenvalue weighted by Crippen LogP contribution is 2.27. The van der Waals surface area contributed by atoms with Gasteiger partial charge in [0.15, 0.2) is 5.82 Å². The van der Waals surface area contributed by atoms with Crippen molar-refractivity contribution in [1.82, 2.24) is 29.2 Å². The minimum atomic E-state index is 0.498. The summed E-state index contributed by atoms with van der Waals surface area (Å²) in [5.74, 6) is 2.61. The number of benzene rings is 1.